The number of fused-ring (bicyclic) bond motifs is 3. The van der Waals surface area contributed by atoms with Crippen molar-refractivity contribution < 1.29 is 0 Å². The fourth-order valence-electron chi connectivity index (χ4n) is 2.30. The Bertz CT molecular complexity index is 638. The van der Waals surface area contributed by atoms with E-state index >= 15 is 0 Å². The number of nitrogens with zero attached hydrogens (tertiary/aromatic N) is 5. The number of halogens is 1. The summed E-state index contributed by atoms with van der Waals surface area (Å²) in [5, 5.41) is 7.93. The van der Waals surface area contributed by atoms with Crippen molar-refractivity contribution in [3.05, 3.63) is 37.5 Å². The molecule has 1 aliphatic rings. The van der Waals surface area contributed by atoms with Crippen molar-refractivity contribution >= 4 is 22.9 Å². The summed E-state index contributed by atoms with van der Waals surface area (Å²) in [5.74, 6) is 0. The average molecular weight is 280 g/mol. The third kappa shape index (κ3) is 1.88. The second-order valence-corrected chi connectivity index (χ2v) is 5.85. The summed E-state index contributed by atoms with van der Waals surface area (Å²) in [5.41, 5.74) is 11.9. The zero-order valence-corrected chi connectivity index (χ0v) is 11.1. The second kappa shape index (κ2) is 4.65. The predicted molar refractivity (Wildman–Crippen MR) is 72.0 cm³/mol. The molecule has 92 valence electrons. The molecule has 2 aromatic heterocycles. The van der Waals surface area contributed by atoms with E-state index in [9.17, 15) is 0 Å². The van der Waals surface area contributed by atoms with Gasteiger partial charge in [0.25, 0.3) is 0 Å². The molecule has 0 atom stereocenters. The molecule has 0 amide bonds. The molecule has 0 bridgehead atoms. The Hall–Kier alpha value is -1.49. The maximum atomic E-state index is 8.31. The van der Waals surface area contributed by atoms with Crippen LogP contribution in [0.15, 0.2) is 17.4 Å². The Morgan fingerprint density at radius 1 is 1.56 bits per heavy atom. The van der Waals surface area contributed by atoms with Gasteiger partial charge in [0.2, 0.25) is 0 Å². The van der Waals surface area contributed by atoms with Gasteiger partial charge in [-0.1, -0.05) is 16.7 Å². The molecule has 0 spiro atoms. The van der Waals surface area contributed by atoms with Crippen molar-refractivity contribution in [1.82, 2.24) is 9.78 Å². The molecule has 0 aromatic carbocycles. The maximum Gasteiger partial charge on any atom is 0.0938 e. The van der Waals surface area contributed by atoms with Crippen molar-refractivity contribution in [2.75, 3.05) is 6.54 Å². The standard InChI is InChI=1S/C11H10ClN5S/c12-10-5-8-9(18-10)2-1-7-6-15-17(11(7)8)4-3-14-16-13/h5-6H,1-4H2. The minimum absolute atomic E-state index is 0.415. The highest BCUT2D eigenvalue weighted by molar-refractivity contribution is 7.16. The normalized spacial score (nSPS) is 12.7. The fourth-order valence-corrected chi connectivity index (χ4v) is 3.57. The van der Waals surface area contributed by atoms with E-state index in [1.165, 1.54) is 16.0 Å². The molecule has 0 aliphatic heterocycles. The third-order valence-electron chi connectivity index (χ3n) is 3.05. The highest BCUT2D eigenvalue weighted by atomic mass is 35.5. The SMILES string of the molecule is [N-]=[N+]=NCCn1ncc2c1-c1cc(Cl)sc1CC2. The molecule has 5 nitrogen and oxygen atoms in total. The van der Waals surface area contributed by atoms with Gasteiger partial charge in [-0.15, -0.1) is 11.3 Å². The number of rotatable bonds is 3. The Kier molecular flexibility index (Phi) is 2.99. The third-order valence-corrected chi connectivity index (χ3v) is 4.37. The van der Waals surface area contributed by atoms with E-state index in [0.29, 0.717) is 13.1 Å². The molecule has 18 heavy (non-hydrogen) atoms. The van der Waals surface area contributed by atoms with Gasteiger partial charge in [-0.2, -0.15) is 5.10 Å². The van der Waals surface area contributed by atoms with Gasteiger partial charge < -0.3 is 0 Å². The van der Waals surface area contributed by atoms with E-state index in [1.807, 2.05) is 16.9 Å². The second-order valence-electron chi connectivity index (χ2n) is 4.08. The van der Waals surface area contributed by atoms with Crippen LogP contribution in [0, 0.1) is 0 Å². The number of thiophene rings is 1. The van der Waals surface area contributed by atoms with Crippen molar-refractivity contribution in [2.24, 2.45) is 5.11 Å². The molecule has 0 fully saturated rings. The number of aryl methyl sites for hydroxylation is 2. The molecular formula is C11H10ClN5S. The molecule has 0 N–H and O–H groups in total. The number of hydrogen-bond acceptors (Lipinski definition) is 3. The monoisotopic (exact) mass is 279 g/mol. The predicted octanol–water partition coefficient (Wildman–Crippen LogP) is 3.67. The van der Waals surface area contributed by atoms with E-state index in [2.05, 4.69) is 15.1 Å². The first-order valence-electron chi connectivity index (χ1n) is 5.63. The van der Waals surface area contributed by atoms with Crippen LogP contribution >= 0.6 is 22.9 Å². The van der Waals surface area contributed by atoms with Crippen LogP contribution in [0.5, 0.6) is 0 Å². The number of aromatic nitrogens is 2. The molecule has 0 unspecified atom stereocenters. The van der Waals surface area contributed by atoms with Gasteiger partial charge in [0.15, 0.2) is 0 Å². The van der Waals surface area contributed by atoms with Crippen LogP contribution in [0.1, 0.15) is 10.4 Å². The Morgan fingerprint density at radius 3 is 3.28 bits per heavy atom. The summed E-state index contributed by atoms with van der Waals surface area (Å²) >= 11 is 7.72. The summed E-state index contributed by atoms with van der Waals surface area (Å²) in [6, 6.07) is 2.01. The minimum Gasteiger partial charge on any atom is -0.264 e. The molecule has 2 heterocycles. The van der Waals surface area contributed by atoms with Crippen LogP contribution in [-0.4, -0.2) is 16.3 Å². The average Bonchev–Trinajstić information content (AvgIpc) is 2.91. The van der Waals surface area contributed by atoms with Crippen molar-refractivity contribution in [2.45, 2.75) is 19.4 Å². The first-order valence-corrected chi connectivity index (χ1v) is 6.83. The smallest absolute Gasteiger partial charge is 0.0938 e. The zero-order valence-electron chi connectivity index (χ0n) is 9.51. The maximum absolute atomic E-state index is 8.31. The summed E-state index contributed by atoms with van der Waals surface area (Å²) < 4.78 is 2.72. The van der Waals surface area contributed by atoms with Crippen LogP contribution in [0.25, 0.3) is 21.7 Å². The fraction of sp³-hybridized carbons (Fsp3) is 0.364. The van der Waals surface area contributed by atoms with E-state index in [-0.39, 0.29) is 0 Å². The van der Waals surface area contributed by atoms with Gasteiger partial charge in [-0.05, 0) is 30.0 Å². The highest BCUT2D eigenvalue weighted by Crippen LogP contribution is 2.40. The first-order chi connectivity index (χ1) is 8.79. The summed E-state index contributed by atoms with van der Waals surface area (Å²) in [4.78, 5) is 4.08. The van der Waals surface area contributed by atoms with Crippen molar-refractivity contribution in [1.29, 1.82) is 0 Å². The quantitative estimate of drug-likeness (QED) is 0.480. The number of hydrogen-bond donors (Lipinski definition) is 0. The van der Waals surface area contributed by atoms with E-state index < -0.39 is 0 Å². The lowest BCUT2D eigenvalue weighted by atomic mass is 9.97. The lowest BCUT2D eigenvalue weighted by Crippen LogP contribution is -2.08. The van der Waals surface area contributed by atoms with Crippen LogP contribution in [-0.2, 0) is 19.4 Å². The van der Waals surface area contributed by atoms with Gasteiger partial charge >= 0.3 is 0 Å². The molecular weight excluding hydrogens is 270 g/mol. The topological polar surface area (TPSA) is 66.6 Å². The Morgan fingerprint density at radius 2 is 2.44 bits per heavy atom. The lowest BCUT2D eigenvalue weighted by molar-refractivity contribution is 0.629. The van der Waals surface area contributed by atoms with Gasteiger partial charge in [0.1, 0.15) is 0 Å². The van der Waals surface area contributed by atoms with Gasteiger partial charge in [-0.3, -0.25) is 4.68 Å². The number of azide groups is 1. The minimum atomic E-state index is 0.415. The van der Waals surface area contributed by atoms with Crippen LogP contribution in [0.3, 0.4) is 0 Å². The Balaban J connectivity index is 2.01. The Labute approximate surface area is 113 Å². The zero-order chi connectivity index (χ0) is 12.5. The lowest BCUT2D eigenvalue weighted by Gasteiger charge is -2.14. The molecule has 0 saturated carbocycles. The first kappa shape index (κ1) is 11.6. The molecule has 3 rings (SSSR count). The summed E-state index contributed by atoms with van der Waals surface area (Å²) in [7, 11) is 0. The van der Waals surface area contributed by atoms with Crippen LogP contribution in [0.4, 0.5) is 0 Å². The molecule has 2 aromatic rings. The summed E-state index contributed by atoms with van der Waals surface area (Å²) in [6.07, 6.45) is 3.93. The van der Waals surface area contributed by atoms with Gasteiger partial charge in [-0.25, -0.2) is 0 Å². The van der Waals surface area contributed by atoms with Crippen LogP contribution in [0.2, 0.25) is 4.34 Å². The van der Waals surface area contributed by atoms with Crippen LogP contribution < -0.4 is 0 Å². The van der Waals surface area contributed by atoms with Crippen molar-refractivity contribution in [3.63, 3.8) is 0 Å². The van der Waals surface area contributed by atoms with E-state index in [1.54, 1.807) is 11.3 Å². The van der Waals surface area contributed by atoms with Gasteiger partial charge in [0, 0.05) is 28.4 Å². The molecule has 7 heteroatoms. The summed E-state index contributed by atoms with van der Waals surface area (Å²) in [6.45, 7) is 1.02. The largest absolute Gasteiger partial charge is 0.264 e. The molecule has 0 radical (unpaired) electrons. The molecule has 1 aliphatic carbocycles. The van der Waals surface area contributed by atoms with Crippen molar-refractivity contribution in [3.8, 4) is 11.3 Å². The highest BCUT2D eigenvalue weighted by Gasteiger charge is 2.22. The molecule has 0 saturated heterocycles. The van der Waals surface area contributed by atoms with E-state index in [4.69, 9.17) is 17.1 Å². The van der Waals surface area contributed by atoms with Gasteiger partial charge in [0.05, 0.1) is 16.2 Å². The van der Waals surface area contributed by atoms with E-state index in [0.717, 1.165) is 22.9 Å².